The predicted octanol–water partition coefficient (Wildman–Crippen LogP) is 3.83. The van der Waals surface area contributed by atoms with Crippen LogP contribution in [0.2, 0.25) is 0 Å². The summed E-state index contributed by atoms with van der Waals surface area (Å²) < 4.78 is 11.1. The van der Waals surface area contributed by atoms with Crippen LogP contribution >= 0.6 is 0 Å². The maximum absolute atomic E-state index is 12.9. The number of rotatable bonds is 2. The van der Waals surface area contributed by atoms with Gasteiger partial charge >= 0.3 is 0 Å². The van der Waals surface area contributed by atoms with Crippen LogP contribution < -0.4 is 4.74 Å². The summed E-state index contributed by atoms with van der Waals surface area (Å²) in [7, 11) is 1.61. The first-order valence-corrected chi connectivity index (χ1v) is 8.05. The summed E-state index contributed by atoms with van der Waals surface area (Å²) in [5.41, 5.74) is 2.58. The Morgan fingerprint density at radius 2 is 1.56 bits per heavy atom. The number of fused-ring (bicyclic) bond motifs is 1. The zero-order valence-corrected chi connectivity index (χ0v) is 13.9. The number of Topliss-reactive ketones (excluding diaryl/α,β-unsaturated/α-hetero) is 2. The van der Waals surface area contributed by atoms with Crippen molar-refractivity contribution in [2.45, 2.75) is 13.0 Å². The lowest BCUT2D eigenvalue weighted by molar-refractivity contribution is 0.0938. The summed E-state index contributed by atoms with van der Waals surface area (Å²) >= 11 is 0. The molecular weight excluding hydrogens is 316 g/mol. The molecule has 0 amide bonds. The molecule has 0 N–H and O–H groups in total. The molecule has 0 saturated heterocycles. The lowest BCUT2D eigenvalue weighted by atomic mass is 9.80. The van der Waals surface area contributed by atoms with Crippen molar-refractivity contribution in [1.82, 2.24) is 0 Å². The molecule has 0 spiro atoms. The Hall–Kier alpha value is -3.14. The molecule has 2 aliphatic rings. The van der Waals surface area contributed by atoms with Gasteiger partial charge in [0.15, 0.2) is 11.6 Å². The van der Waals surface area contributed by atoms with E-state index in [0.29, 0.717) is 28.0 Å². The van der Waals surface area contributed by atoms with Gasteiger partial charge in [-0.25, -0.2) is 0 Å². The fourth-order valence-corrected chi connectivity index (χ4v) is 3.28. The van der Waals surface area contributed by atoms with Gasteiger partial charge in [-0.15, -0.1) is 0 Å². The van der Waals surface area contributed by atoms with Crippen LogP contribution in [-0.4, -0.2) is 24.8 Å². The van der Waals surface area contributed by atoms with Crippen molar-refractivity contribution in [2.75, 3.05) is 7.11 Å². The third-order valence-electron chi connectivity index (χ3n) is 4.56. The molecule has 4 nitrogen and oxygen atoms in total. The molecule has 1 aliphatic carbocycles. The Morgan fingerprint density at radius 1 is 0.920 bits per heavy atom. The minimum Gasteiger partial charge on any atom is -0.497 e. The summed E-state index contributed by atoms with van der Waals surface area (Å²) in [5.74, 6) is 1.05. The van der Waals surface area contributed by atoms with Crippen LogP contribution in [0.4, 0.5) is 0 Å². The van der Waals surface area contributed by atoms with Crippen LogP contribution in [0.1, 0.15) is 33.2 Å². The predicted molar refractivity (Wildman–Crippen MR) is 93.6 cm³/mol. The largest absolute Gasteiger partial charge is 0.497 e. The Bertz CT molecular complexity index is 948. The molecule has 0 fully saturated rings. The van der Waals surface area contributed by atoms with Crippen molar-refractivity contribution in [2.24, 2.45) is 0 Å². The molecule has 124 valence electrons. The van der Waals surface area contributed by atoms with Crippen molar-refractivity contribution in [3.05, 3.63) is 82.4 Å². The summed E-state index contributed by atoms with van der Waals surface area (Å²) in [4.78, 5) is 25.7. The molecule has 1 unspecified atom stereocenters. The molecule has 0 aromatic heterocycles. The van der Waals surface area contributed by atoms with E-state index < -0.39 is 6.10 Å². The lowest BCUT2D eigenvalue weighted by Gasteiger charge is -2.29. The maximum atomic E-state index is 12.9. The van der Waals surface area contributed by atoms with Crippen LogP contribution in [0.5, 0.6) is 5.75 Å². The summed E-state index contributed by atoms with van der Waals surface area (Å²) in [6.45, 7) is 1.80. The van der Waals surface area contributed by atoms with Gasteiger partial charge in [-0.2, -0.15) is 0 Å². The van der Waals surface area contributed by atoms with E-state index in [-0.39, 0.29) is 11.6 Å². The van der Waals surface area contributed by atoms with Crippen molar-refractivity contribution in [3.8, 4) is 5.75 Å². The average molecular weight is 332 g/mol. The number of ether oxygens (including phenoxy) is 2. The van der Waals surface area contributed by atoms with E-state index >= 15 is 0 Å². The molecule has 4 rings (SSSR count). The normalized spacial score (nSPS) is 19.0. The zero-order valence-electron chi connectivity index (χ0n) is 13.9. The van der Waals surface area contributed by atoms with E-state index in [2.05, 4.69) is 0 Å². The molecule has 1 heterocycles. The van der Waals surface area contributed by atoms with Gasteiger partial charge in [-0.3, -0.25) is 9.59 Å². The quantitative estimate of drug-likeness (QED) is 0.839. The average Bonchev–Trinajstić information content (AvgIpc) is 2.65. The summed E-state index contributed by atoms with van der Waals surface area (Å²) in [5, 5.41) is 0. The molecule has 2 aromatic carbocycles. The van der Waals surface area contributed by atoms with Gasteiger partial charge in [0, 0.05) is 22.3 Å². The number of hydrogen-bond acceptors (Lipinski definition) is 4. The topological polar surface area (TPSA) is 52.6 Å². The molecular formula is C21H16O4. The second-order valence-electron chi connectivity index (χ2n) is 6.03. The van der Waals surface area contributed by atoms with Crippen molar-refractivity contribution >= 4 is 17.3 Å². The van der Waals surface area contributed by atoms with E-state index in [0.717, 1.165) is 11.3 Å². The standard InChI is InChI=1S/C21H16O4/c1-12-19-17(20(22)15-5-3-4-6-16(15)21(19)23)11-18(25-12)13-7-9-14(24-2)10-8-13/h3-12H,1-2H3. The fourth-order valence-electron chi connectivity index (χ4n) is 3.28. The zero-order chi connectivity index (χ0) is 17.6. The highest BCUT2D eigenvalue weighted by Crippen LogP contribution is 2.36. The number of carbonyl (C=O) groups is 2. The number of methoxy groups -OCH3 is 1. The maximum Gasteiger partial charge on any atom is 0.194 e. The number of carbonyl (C=O) groups excluding carboxylic acids is 2. The first-order chi connectivity index (χ1) is 12.1. The van der Waals surface area contributed by atoms with Crippen molar-refractivity contribution in [3.63, 3.8) is 0 Å². The van der Waals surface area contributed by atoms with Gasteiger partial charge in [-0.05, 0) is 37.3 Å². The van der Waals surface area contributed by atoms with Crippen LogP contribution in [0.15, 0.2) is 65.8 Å². The highest BCUT2D eigenvalue weighted by atomic mass is 16.5. The van der Waals surface area contributed by atoms with Crippen LogP contribution in [0.25, 0.3) is 5.76 Å². The van der Waals surface area contributed by atoms with Gasteiger partial charge in [0.1, 0.15) is 17.6 Å². The molecule has 4 heteroatoms. The first-order valence-electron chi connectivity index (χ1n) is 8.05. The highest BCUT2D eigenvalue weighted by molar-refractivity contribution is 6.28. The highest BCUT2D eigenvalue weighted by Gasteiger charge is 2.37. The summed E-state index contributed by atoms with van der Waals surface area (Å²) in [6, 6.07) is 14.3. The second kappa shape index (κ2) is 5.74. The Morgan fingerprint density at radius 3 is 2.20 bits per heavy atom. The van der Waals surface area contributed by atoms with Crippen LogP contribution in [0, 0.1) is 0 Å². The van der Waals surface area contributed by atoms with Gasteiger partial charge in [0.25, 0.3) is 0 Å². The first kappa shape index (κ1) is 15.4. The van der Waals surface area contributed by atoms with Gasteiger partial charge in [0.2, 0.25) is 0 Å². The van der Waals surface area contributed by atoms with E-state index in [1.165, 1.54) is 0 Å². The molecule has 25 heavy (non-hydrogen) atoms. The van der Waals surface area contributed by atoms with E-state index in [1.54, 1.807) is 44.4 Å². The minimum atomic E-state index is -0.484. The van der Waals surface area contributed by atoms with E-state index in [1.807, 2.05) is 24.3 Å². The number of benzene rings is 2. The molecule has 2 aromatic rings. The SMILES string of the molecule is COc1ccc(C2=CC3=C(C(=O)c4ccccc4C3=O)C(C)O2)cc1. The Labute approximate surface area is 145 Å². The lowest BCUT2D eigenvalue weighted by Crippen LogP contribution is -2.30. The third-order valence-corrected chi connectivity index (χ3v) is 4.56. The van der Waals surface area contributed by atoms with Gasteiger partial charge < -0.3 is 9.47 Å². The number of allylic oxidation sites excluding steroid dienone is 2. The smallest absolute Gasteiger partial charge is 0.194 e. The Balaban J connectivity index is 1.82. The molecule has 0 bridgehead atoms. The molecule has 0 radical (unpaired) electrons. The summed E-state index contributed by atoms with van der Waals surface area (Å²) in [6.07, 6.45) is 1.19. The van der Waals surface area contributed by atoms with Crippen LogP contribution in [0.3, 0.4) is 0 Å². The molecule has 1 atom stereocenters. The minimum absolute atomic E-state index is 0.133. The van der Waals surface area contributed by atoms with Crippen molar-refractivity contribution < 1.29 is 19.1 Å². The molecule has 1 aliphatic heterocycles. The van der Waals surface area contributed by atoms with Gasteiger partial charge in [0.05, 0.1) is 12.7 Å². The van der Waals surface area contributed by atoms with E-state index in [4.69, 9.17) is 9.47 Å². The number of ketones is 2. The van der Waals surface area contributed by atoms with Crippen molar-refractivity contribution in [1.29, 1.82) is 0 Å². The van der Waals surface area contributed by atoms with Gasteiger partial charge in [-0.1, -0.05) is 24.3 Å². The second-order valence-corrected chi connectivity index (χ2v) is 6.03. The third kappa shape index (κ3) is 2.38. The van der Waals surface area contributed by atoms with Crippen LogP contribution in [-0.2, 0) is 4.74 Å². The Kier molecular flexibility index (Phi) is 3.53. The monoisotopic (exact) mass is 332 g/mol. The fraction of sp³-hybridized carbons (Fsp3) is 0.143. The number of hydrogen-bond donors (Lipinski definition) is 0. The molecule has 0 saturated carbocycles. The van der Waals surface area contributed by atoms with E-state index in [9.17, 15) is 9.59 Å².